The number of benzene rings is 2. The SMILES string of the molecule is COCCNC(=O)c1ccc2nn(C[C@@H]3CCN(C(=O)c4ccc(S(F)(F)(F)(F)F)cc4)C3)cc2c1C. The van der Waals surface area contributed by atoms with Crippen molar-refractivity contribution in [3.8, 4) is 0 Å². The smallest absolute Gasteiger partial charge is 0.310 e. The second-order valence-electron chi connectivity index (χ2n) is 9.17. The van der Waals surface area contributed by atoms with Crippen molar-refractivity contribution >= 4 is 32.9 Å². The number of amides is 2. The van der Waals surface area contributed by atoms with E-state index in [1.807, 2.05) is 13.1 Å². The van der Waals surface area contributed by atoms with E-state index in [2.05, 4.69) is 10.4 Å². The molecule has 0 radical (unpaired) electrons. The van der Waals surface area contributed by atoms with Crippen LogP contribution in [0.4, 0.5) is 19.4 Å². The molecule has 1 aromatic heterocycles. The molecule has 2 aromatic carbocycles. The van der Waals surface area contributed by atoms with Gasteiger partial charge in [-0.1, -0.05) is 19.4 Å². The Balaban J connectivity index is 1.41. The number of fused-ring (bicyclic) bond motifs is 1. The van der Waals surface area contributed by atoms with Crippen LogP contribution >= 0.6 is 10.2 Å². The predicted octanol–water partition coefficient (Wildman–Crippen LogP) is 5.54. The van der Waals surface area contributed by atoms with Crippen molar-refractivity contribution in [1.29, 1.82) is 0 Å². The average Bonchev–Trinajstić information content (AvgIpc) is 3.45. The minimum atomic E-state index is -9.79. The van der Waals surface area contributed by atoms with E-state index in [-0.39, 0.29) is 29.5 Å². The van der Waals surface area contributed by atoms with Crippen molar-refractivity contribution < 1.29 is 33.8 Å². The summed E-state index contributed by atoms with van der Waals surface area (Å²) in [7, 11) is -8.23. The third-order valence-corrected chi connectivity index (χ3v) is 7.57. The highest BCUT2D eigenvalue weighted by molar-refractivity contribution is 8.45. The third kappa shape index (κ3) is 6.04. The van der Waals surface area contributed by atoms with Crippen LogP contribution < -0.4 is 5.32 Å². The fraction of sp³-hybridized carbons (Fsp3) is 0.375. The summed E-state index contributed by atoms with van der Waals surface area (Å²) in [6, 6.07) is 5.57. The van der Waals surface area contributed by atoms with Crippen LogP contribution in [0, 0.1) is 12.8 Å². The van der Waals surface area contributed by atoms with Gasteiger partial charge in [-0.15, -0.1) is 0 Å². The lowest BCUT2D eigenvalue weighted by Crippen LogP contribution is -2.29. The summed E-state index contributed by atoms with van der Waals surface area (Å²) >= 11 is 0. The Bertz CT molecular complexity index is 1340. The number of ether oxygens (including phenoxy) is 1. The van der Waals surface area contributed by atoms with Crippen molar-refractivity contribution in [3.05, 3.63) is 59.3 Å². The van der Waals surface area contributed by atoms with Gasteiger partial charge in [0, 0.05) is 56.0 Å². The molecule has 0 spiro atoms. The molecule has 0 unspecified atom stereocenters. The van der Waals surface area contributed by atoms with Crippen LogP contribution in [0.2, 0.25) is 0 Å². The van der Waals surface area contributed by atoms with Crippen molar-refractivity contribution in [3.63, 3.8) is 0 Å². The lowest BCUT2D eigenvalue weighted by molar-refractivity contribution is 0.0785. The van der Waals surface area contributed by atoms with Crippen LogP contribution in [0.3, 0.4) is 0 Å². The van der Waals surface area contributed by atoms with Gasteiger partial charge >= 0.3 is 10.2 Å². The highest BCUT2D eigenvalue weighted by Gasteiger charge is 2.65. The van der Waals surface area contributed by atoms with Gasteiger partial charge in [0.2, 0.25) is 0 Å². The first-order valence-electron chi connectivity index (χ1n) is 11.5. The fourth-order valence-electron chi connectivity index (χ4n) is 4.45. The molecule has 4 rings (SSSR count). The Morgan fingerprint density at radius 3 is 2.46 bits per heavy atom. The minimum Gasteiger partial charge on any atom is -0.383 e. The topological polar surface area (TPSA) is 76.5 Å². The standard InChI is InChI=1S/C24H27F5N4O3S/c1-16-20(23(34)30-10-12-36-2)7-8-22-21(16)15-33(31-22)14-17-9-11-32(13-17)24(35)18-3-5-19(6-4-18)37(25,26,27,28)29/h3-8,15,17H,9-14H2,1-2H3,(H,30,34)/t17-/m1/s1. The van der Waals surface area contributed by atoms with Crippen molar-refractivity contribution in [2.75, 3.05) is 33.4 Å². The summed E-state index contributed by atoms with van der Waals surface area (Å²) in [6.45, 7) is 3.88. The molecule has 1 atom stereocenters. The molecule has 1 aliphatic heterocycles. The van der Waals surface area contributed by atoms with Crippen molar-refractivity contribution in [1.82, 2.24) is 20.0 Å². The maximum absolute atomic E-state index is 12.9. The predicted molar refractivity (Wildman–Crippen MR) is 131 cm³/mol. The van der Waals surface area contributed by atoms with Crippen LogP contribution in [0.5, 0.6) is 0 Å². The molecular formula is C24H27F5N4O3S. The van der Waals surface area contributed by atoms with Gasteiger partial charge in [-0.2, -0.15) is 5.10 Å². The third-order valence-electron chi connectivity index (χ3n) is 6.41. The van der Waals surface area contributed by atoms with Gasteiger partial charge in [0.15, 0.2) is 0 Å². The number of methoxy groups -OCH3 is 1. The molecule has 2 heterocycles. The maximum Gasteiger partial charge on any atom is 0.310 e. The lowest BCUT2D eigenvalue weighted by Gasteiger charge is -2.40. The normalized spacial score (nSPS) is 18.0. The van der Waals surface area contributed by atoms with E-state index in [0.29, 0.717) is 44.8 Å². The van der Waals surface area contributed by atoms with Gasteiger partial charge in [-0.3, -0.25) is 14.3 Å². The number of likely N-dealkylation sites (tertiary alicyclic amines) is 1. The summed E-state index contributed by atoms with van der Waals surface area (Å²) in [5.74, 6) is -0.677. The molecule has 1 fully saturated rings. The zero-order valence-electron chi connectivity index (χ0n) is 20.2. The fourth-order valence-corrected chi connectivity index (χ4v) is 5.10. The number of carbonyl (C=O) groups excluding carboxylic acids is 2. The molecule has 1 N–H and O–H groups in total. The van der Waals surface area contributed by atoms with E-state index < -0.39 is 21.0 Å². The van der Waals surface area contributed by atoms with Crippen molar-refractivity contribution in [2.24, 2.45) is 5.92 Å². The zero-order chi connectivity index (χ0) is 27.1. The van der Waals surface area contributed by atoms with Crippen LogP contribution in [0.1, 0.15) is 32.7 Å². The Hall–Kier alpha value is -3.19. The van der Waals surface area contributed by atoms with Gasteiger partial charge in [0.1, 0.15) is 4.90 Å². The summed E-state index contributed by atoms with van der Waals surface area (Å²) < 4.78 is 71.4. The van der Waals surface area contributed by atoms with E-state index >= 15 is 0 Å². The molecule has 1 saturated heterocycles. The van der Waals surface area contributed by atoms with E-state index in [1.165, 1.54) is 4.90 Å². The molecule has 0 aliphatic carbocycles. The van der Waals surface area contributed by atoms with Crippen LogP contribution in [0.15, 0.2) is 47.5 Å². The van der Waals surface area contributed by atoms with E-state index in [0.717, 1.165) is 28.6 Å². The first-order valence-corrected chi connectivity index (χ1v) is 13.5. The Morgan fingerprint density at radius 1 is 1.11 bits per heavy atom. The molecule has 1 aliphatic rings. The molecule has 13 heteroatoms. The van der Waals surface area contributed by atoms with Gasteiger partial charge in [-0.05, 0) is 61.2 Å². The van der Waals surface area contributed by atoms with Crippen molar-refractivity contribution in [2.45, 2.75) is 24.8 Å². The molecular weight excluding hydrogens is 519 g/mol. The minimum absolute atomic E-state index is 0.0411. The van der Waals surface area contributed by atoms with Gasteiger partial charge in [0.25, 0.3) is 11.8 Å². The van der Waals surface area contributed by atoms with Crippen LogP contribution in [-0.2, 0) is 11.3 Å². The first kappa shape index (κ1) is 26.9. The van der Waals surface area contributed by atoms with E-state index in [1.54, 1.807) is 23.9 Å². The number of aromatic nitrogens is 2. The summed E-state index contributed by atoms with van der Waals surface area (Å²) in [4.78, 5) is 24.7. The Labute approximate surface area is 210 Å². The summed E-state index contributed by atoms with van der Waals surface area (Å²) in [6.07, 6.45) is 2.50. The van der Waals surface area contributed by atoms with Crippen LogP contribution in [0.25, 0.3) is 10.9 Å². The molecule has 7 nitrogen and oxygen atoms in total. The number of aryl methyl sites for hydroxylation is 1. The molecule has 2 amide bonds. The quantitative estimate of drug-likeness (QED) is 0.297. The number of carbonyl (C=O) groups is 2. The zero-order valence-corrected chi connectivity index (χ0v) is 21.0. The summed E-state index contributed by atoms with van der Waals surface area (Å²) in [5, 5.41) is 8.20. The maximum atomic E-state index is 12.9. The first-order chi connectivity index (χ1) is 17.2. The number of nitrogens with zero attached hydrogens (tertiary/aromatic N) is 3. The average molecular weight is 547 g/mol. The molecule has 0 bridgehead atoms. The largest absolute Gasteiger partial charge is 0.383 e. The number of halogens is 5. The number of rotatable bonds is 8. The lowest BCUT2D eigenvalue weighted by atomic mass is 10.0. The molecule has 202 valence electrons. The van der Waals surface area contributed by atoms with E-state index in [9.17, 15) is 29.0 Å². The summed E-state index contributed by atoms with van der Waals surface area (Å²) in [5.41, 5.74) is 1.97. The highest BCUT2D eigenvalue weighted by Crippen LogP contribution is 3.02. The van der Waals surface area contributed by atoms with Gasteiger partial charge in [0.05, 0.1) is 12.1 Å². The van der Waals surface area contributed by atoms with E-state index in [4.69, 9.17) is 4.74 Å². The van der Waals surface area contributed by atoms with Crippen LogP contribution in [-0.4, -0.2) is 59.8 Å². The number of hydrogen-bond donors (Lipinski definition) is 1. The second kappa shape index (κ2) is 8.98. The molecule has 0 saturated carbocycles. The number of nitrogens with one attached hydrogen (secondary N) is 1. The monoisotopic (exact) mass is 546 g/mol. The van der Waals surface area contributed by atoms with Gasteiger partial charge < -0.3 is 15.0 Å². The Kier molecular flexibility index (Phi) is 6.52. The molecule has 37 heavy (non-hydrogen) atoms. The number of hydrogen-bond acceptors (Lipinski definition) is 4. The van der Waals surface area contributed by atoms with Gasteiger partial charge in [-0.25, -0.2) is 0 Å². The second-order valence-corrected chi connectivity index (χ2v) is 11.6. The highest BCUT2D eigenvalue weighted by atomic mass is 32.5. The Morgan fingerprint density at radius 2 is 1.81 bits per heavy atom. The molecule has 3 aromatic rings.